The molecule has 0 aromatic heterocycles. The molecule has 0 unspecified atom stereocenters. The van der Waals surface area contributed by atoms with Crippen LogP contribution in [0.1, 0.15) is 25.8 Å². The number of anilines is 1. The number of halogens is 2. The summed E-state index contributed by atoms with van der Waals surface area (Å²) in [4.78, 5) is 23.9. The van der Waals surface area contributed by atoms with Gasteiger partial charge < -0.3 is 10.1 Å². The Morgan fingerprint density at radius 2 is 1.88 bits per heavy atom. The molecule has 142 valence electrons. The van der Waals surface area contributed by atoms with Crippen molar-refractivity contribution in [2.75, 3.05) is 18.5 Å². The fraction of sp³-hybridized carbons (Fsp3) is 0.474. The molecule has 0 heterocycles. The van der Waals surface area contributed by atoms with Crippen molar-refractivity contribution >= 4 is 40.9 Å². The van der Waals surface area contributed by atoms with Crippen LogP contribution in [0.15, 0.2) is 34.8 Å². The Bertz CT molecular complexity index is 683. The van der Waals surface area contributed by atoms with Gasteiger partial charge in [-0.25, -0.2) is 4.79 Å². The van der Waals surface area contributed by atoms with Gasteiger partial charge in [0.2, 0.25) is 5.91 Å². The molecule has 2 rings (SSSR count). The average Bonchev–Trinajstić information content (AvgIpc) is 3.08. The molecule has 1 aromatic carbocycles. The molecule has 0 aliphatic heterocycles. The van der Waals surface area contributed by atoms with Gasteiger partial charge in [-0.2, -0.15) is 0 Å². The standard InChI is InChI=1S/C19H24Cl2N2O3/c1-12-5-7-13(8-6-12)23-18(25)26-10-4-9-22-17(24)16-14(11-15(20)21)19(16,2)3/h5-8,11,14,16H,4,9-10H2,1-3H3,(H,22,24)(H,23,25)/t14-,16+/m0/s1. The van der Waals surface area contributed by atoms with Gasteiger partial charge in [0.05, 0.1) is 12.5 Å². The van der Waals surface area contributed by atoms with Crippen LogP contribution in [0.25, 0.3) is 0 Å². The first kappa shape index (κ1) is 20.6. The van der Waals surface area contributed by atoms with Crippen molar-refractivity contribution in [3.8, 4) is 0 Å². The predicted molar refractivity (Wildman–Crippen MR) is 104 cm³/mol. The number of carbonyl (C=O) groups is 2. The molecule has 5 nitrogen and oxygen atoms in total. The average molecular weight is 399 g/mol. The molecule has 1 saturated carbocycles. The lowest BCUT2D eigenvalue weighted by Gasteiger charge is -2.08. The molecule has 0 spiro atoms. The Labute approximate surface area is 164 Å². The molecular weight excluding hydrogens is 375 g/mol. The van der Waals surface area contributed by atoms with E-state index in [2.05, 4.69) is 10.6 Å². The second kappa shape index (κ2) is 8.78. The van der Waals surface area contributed by atoms with Crippen LogP contribution in [-0.2, 0) is 9.53 Å². The lowest BCUT2D eigenvalue weighted by Crippen LogP contribution is -2.28. The van der Waals surface area contributed by atoms with E-state index in [-0.39, 0.29) is 34.3 Å². The number of aryl methyl sites for hydroxylation is 1. The Morgan fingerprint density at radius 3 is 2.50 bits per heavy atom. The Balaban J connectivity index is 1.63. The number of hydrogen-bond acceptors (Lipinski definition) is 3. The third-order valence-electron chi connectivity index (χ3n) is 4.65. The number of ether oxygens (including phenoxy) is 1. The van der Waals surface area contributed by atoms with Crippen molar-refractivity contribution in [2.45, 2.75) is 27.2 Å². The van der Waals surface area contributed by atoms with Crippen molar-refractivity contribution in [3.63, 3.8) is 0 Å². The number of hydrogen-bond donors (Lipinski definition) is 2. The van der Waals surface area contributed by atoms with E-state index < -0.39 is 6.09 Å². The van der Waals surface area contributed by atoms with E-state index >= 15 is 0 Å². The van der Waals surface area contributed by atoms with E-state index in [1.165, 1.54) is 0 Å². The summed E-state index contributed by atoms with van der Waals surface area (Å²) in [6.45, 7) is 6.65. The maximum Gasteiger partial charge on any atom is 0.411 e. The van der Waals surface area contributed by atoms with E-state index in [1.54, 1.807) is 6.08 Å². The number of rotatable bonds is 7. The van der Waals surface area contributed by atoms with Crippen LogP contribution >= 0.6 is 23.2 Å². The third kappa shape index (κ3) is 5.64. The van der Waals surface area contributed by atoms with Crippen LogP contribution in [-0.4, -0.2) is 25.2 Å². The Kier molecular flexibility index (Phi) is 6.95. The van der Waals surface area contributed by atoms with E-state index in [1.807, 2.05) is 45.0 Å². The zero-order valence-electron chi connectivity index (χ0n) is 15.1. The van der Waals surface area contributed by atoms with Crippen molar-refractivity contribution in [2.24, 2.45) is 17.3 Å². The van der Waals surface area contributed by atoms with Crippen LogP contribution in [0.3, 0.4) is 0 Å². The van der Waals surface area contributed by atoms with E-state index in [4.69, 9.17) is 27.9 Å². The van der Waals surface area contributed by atoms with Gasteiger partial charge in [0, 0.05) is 12.2 Å². The second-order valence-electron chi connectivity index (χ2n) is 7.05. The van der Waals surface area contributed by atoms with Gasteiger partial charge in [-0.1, -0.05) is 54.7 Å². The number of nitrogens with one attached hydrogen (secondary N) is 2. The summed E-state index contributed by atoms with van der Waals surface area (Å²) in [6.07, 6.45) is 1.74. The third-order valence-corrected chi connectivity index (χ3v) is 4.90. The van der Waals surface area contributed by atoms with Crippen LogP contribution in [0.2, 0.25) is 0 Å². The molecule has 1 aromatic rings. The highest BCUT2D eigenvalue weighted by Crippen LogP contribution is 2.59. The molecule has 2 N–H and O–H groups in total. The summed E-state index contributed by atoms with van der Waals surface area (Å²) in [5.74, 6) is -0.125. The lowest BCUT2D eigenvalue weighted by atomic mass is 10.1. The first-order valence-corrected chi connectivity index (χ1v) is 9.28. The molecule has 1 fully saturated rings. The zero-order valence-corrected chi connectivity index (χ0v) is 16.7. The summed E-state index contributed by atoms with van der Waals surface area (Å²) in [6, 6.07) is 7.44. The van der Waals surface area contributed by atoms with Gasteiger partial charge in [-0.15, -0.1) is 0 Å². The SMILES string of the molecule is Cc1ccc(NC(=O)OCCCNC(=O)[C@H]2[C@H](C=C(Cl)Cl)C2(C)C)cc1. The molecule has 26 heavy (non-hydrogen) atoms. The highest BCUT2D eigenvalue weighted by atomic mass is 35.5. The van der Waals surface area contributed by atoms with Crippen molar-refractivity contribution in [1.29, 1.82) is 0 Å². The first-order chi connectivity index (χ1) is 12.2. The largest absolute Gasteiger partial charge is 0.449 e. The molecule has 0 bridgehead atoms. The Hall–Kier alpha value is -1.72. The number of benzene rings is 1. The van der Waals surface area contributed by atoms with Gasteiger partial charge in [0.15, 0.2) is 0 Å². The van der Waals surface area contributed by atoms with Crippen molar-refractivity contribution < 1.29 is 14.3 Å². The Morgan fingerprint density at radius 1 is 1.23 bits per heavy atom. The lowest BCUT2D eigenvalue weighted by molar-refractivity contribution is -0.123. The molecule has 0 saturated heterocycles. The van der Waals surface area contributed by atoms with Crippen LogP contribution in [0.4, 0.5) is 10.5 Å². The summed E-state index contributed by atoms with van der Waals surface area (Å²) >= 11 is 11.4. The van der Waals surface area contributed by atoms with E-state index in [9.17, 15) is 9.59 Å². The predicted octanol–water partition coefficient (Wildman–Crippen LogP) is 4.64. The van der Waals surface area contributed by atoms with Crippen LogP contribution in [0.5, 0.6) is 0 Å². The molecule has 2 atom stereocenters. The topological polar surface area (TPSA) is 67.4 Å². The maximum atomic E-state index is 12.2. The molecule has 7 heteroatoms. The van der Waals surface area contributed by atoms with Gasteiger partial charge in [-0.05, 0) is 42.9 Å². The number of carbonyl (C=O) groups excluding carboxylic acids is 2. The molecule has 1 aliphatic rings. The van der Waals surface area contributed by atoms with Crippen molar-refractivity contribution in [1.82, 2.24) is 5.32 Å². The fourth-order valence-corrected chi connectivity index (χ4v) is 3.25. The van der Waals surface area contributed by atoms with E-state index in [0.717, 1.165) is 5.56 Å². The van der Waals surface area contributed by atoms with Crippen LogP contribution < -0.4 is 10.6 Å². The second-order valence-corrected chi connectivity index (χ2v) is 8.06. The molecular formula is C19H24Cl2N2O3. The minimum atomic E-state index is -0.509. The van der Waals surface area contributed by atoms with Crippen molar-refractivity contribution in [3.05, 3.63) is 40.4 Å². The normalized spacial score (nSPS) is 20.0. The summed E-state index contributed by atoms with van der Waals surface area (Å²) in [5.41, 5.74) is 1.65. The van der Waals surface area contributed by atoms with Gasteiger partial charge in [0.1, 0.15) is 4.49 Å². The molecule has 0 radical (unpaired) electrons. The minimum Gasteiger partial charge on any atom is -0.449 e. The van der Waals surface area contributed by atoms with Gasteiger partial charge in [0.25, 0.3) is 0 Å². The van der Waals surface area contributed by atoms with E-state index in [0.29, 0.717) is 18.7 Å². The molecule has 1 aliphatic carbocycles. The summed E-state index contributed by atoms with van der Waals surface area (Å²) < 4.78 is 5.29. The smallest absolute Gasteiger partial charge is 0.411 e. The summed E-state index contributed by atoms with van der Waals surface area (Å²) in [5, 5.41) is 5.52. The van der Waals surface area contributed by atoms with Gasteiger partial charge >= 0.3 is 6.09 Å². The highest BCUT2D eigenvalue weighted by Gasteiger charge is 2.60. The summed E-state index contributed by atoms with van der Waals surface area (Å²) in [7, 11) is 0. The number of amides is 2. The minimum absolute atomic E-state index is 0.0325. The molecule has 2 amide bonds. The zero-order chi connectivity index (χ0) is 19.3. The monoisotopic (exact) mass is 398 g/mol. The fourth-order valence-electron chi connectivity index (χ4n) is 2.97. The number of allylic oxidation sites excluding steroid dienone is 1. The first-order valence-electron chi connectivity index (χ1n) is 8.53. The maximum absolute atomic E-state index is 12.2. The van der Waals surface area contributed by atoms with Gasteiger partial charge in [-0.3, -0.25) is 10.1 Å². The van der Waals surface area contributed by atoms with Crippen LogP contribution in [0, 0.1) is 24.2 Å². The highest BCUT2D eigenvalue weighted by molar-refractivity contribution is 6.55. The quantitative estimate of drug-likeness (QED) is 0.657.